The number of aliphatic imine (C=N–C) groups is 1. The van der Waals surface area contributed by atoms with Crippen molar-refractivity contribution in [1.29, 1.82) is 0 Å². The number of nitrogen functional groups attached to an aromatic ring is 1. The SMILES string of the molecule is CC(N=C(c1ccccc1)c1ccccc1)c1ccccc1N. The maximum absolute atomic E-state index is 6.11. The Morgan fingerprint density at radius 1 is 0.739 bits per heavy atom. The van der Waals surface area contributed by atoms with Gasteiger partial charge in [0.1, 0.15) is 0 Å². The number of benzene rings is 3. The van der Waals surface area contributed by atoms with Gasteiger partial charge in [-0.1, -0.05) is 78.9 Å². The summed E-state index contributed by atoms with van der Waals surface area (Å²) in [6, 6.07) is 28.5. The minimum absolute atomic E-state index is 0.00777. The van der Waals surface area contributed by atoms with Gasteiger partial charge in [0.25, 0.3) is 0 Å². The average molecular weight is 300 g/mol. The summed E-state index contributed by atoms with van der Waals surface area (Å²) >= 11 is 0. The van der Waals surface area contributed by atoms with Gasteiger partial charge in [-0.05, 0) is 18.6 Å². The number of para-hydroxylation sites is 1. The van der Waals surface area contributed by atoms with Gasteiger partial charge in [0.2, 0.25) is 0 Å². The van der Waals surface area contributed by atoms with Crippen LogP contribution in [0.4, 0.5) is 5.69 Å². The molecule has 3 aromatic carbocycles. The highest BCUT2D eigenvalue weighted by atomic mass is 14.8. The zero-order valence-electron chi connectivity index (χ0n) is 13.2. The van der Waals surface area contributed by atoms with Gasteiger partial charge in [0.05, 0.1) is 11.8 Å². The first-order valence-corrected chi connectivity index (χ1v) is 7.79. The predicted octanol–water partition coefficient (Wildman–Crippen LogP) is 4.87. The minimum Gasteiger partial charge on any atom is -0.398 e. The summed E-state index contributed by atoms with van der Waals surface area (Å²) in [5.41, 5.74) is 11.1. The largest absolute Gasteiger partial charge is 0.398 e. The Hall–Kier alpha value is -2.87. The lowest BCUT2D eigenvalue weighted by molar-refractivity contribution is 0.824. The summed E-state index contributed by atoms with van der Waals surface area (Å²) in [5, 5.41) is 0. The molecule has 0 aliphatic rings. The molecular formula is C21H20N2. The number of anilines is 1. The van der Waals surface area contributed by atoms with E-state index in [0.29, 0.717) is 0 Å². The summed E-state index contributed by atoms with van der Waals surface area (Å²) in [6.45, 7) is 2.08. The molecule has 23 heavy (non-hydrogen) atoms. The van der Waals surface area contributed by atoms with Crippen LogP contribution < -0.4 is 5.73 Å². The van der Waals surface area contributed by atoms with Crippen molar-refractivity contribution in [3.05, 3.63) is 102 Å². The van der Waals surface area contributed by atoms with Gasteiger partial charge < -0.3 is 5.73 Å². The Morgan fingerprint density at radius 3 is 1.74 bits per heavy atom. The number of nitrogens with two attached hydrogens (primary N) is 1. The van der Waals surface area contributed by atoms with Crippen LogP contribution in [0.1, 0.15) is 29.7 Å². The quantitative estimate of drug-likeness (QED) is 0.542. The molecule has 2 heteroatoms. The van der Waals surface area contributed by atoms with Crippen LogP contribution in [-0.2, 0) is 0 Å². The van der Waals surface area contributed by atoms with Crippen molar-refractivity contribution >= 4 is 11.4 Å². The first kappa shape index (κ1) is 15.0. The first-order chi connectivity index (χ1) is 11.3. The van der Waals surface area contributed by atoms with Gasteiger partial charge in [-0.2, -0.15) is 0 Å². The van der Waals surface area contributed by atoms with E-state index in [4.69, 9.17) is 10.7 Å². The maximum Gasteiger partial charge on any atom is 0.0748 e. The molecule has 0 spiro atoms. The number of hydrogen-bond donors (Lipinski definition) is 1. The predicted molar refractivity (Wildman–Crippen MR) is 97.8 cm³/mol. The first-order valence-electron chi connectivity index (χ1n) is 7.79. The molecule has 2 N–H and O–H groups in total. The van der Waals surface area contributed by atoms with Crippen LogP contribution in [-0.4, -0.2) is 5.71 Å². The molecule has 114 valence electrons. The van der Waals surface area contributed by atoms with Crippen molar-refractivity contribution in [2.75, 3.05) is 5.73 Å². The average Bonchev–Trinajstić information content (AvgIpc) is 2.61. The fourth-order valence-corrected chi connectivity index (χ4v) is 2.66. The van der Waals surface area contributed by atoms with Crippen LogP contribution in [0.3, 0.4) is 0 Å². The molecule has 0 heterocycles. The van der Waals surface area contributed by atoms with Crippen molar-refractivity contribution < 1.29 is 0 Å². The molecule has 0 fully saturated rings. The fraction of sp³-hybridized carbons (Fsp3) is 0.0952. The molecule has 0 saturated heterocycles. The lowest BCUT2D eigenvalue weighted by atomic mass is 10.0. The zero-order chi connectivity index (χ0) is 16.1. The Kier molecular flexibility index (Phi) is 4.53. The van der Waals surface area contributed by atoms with Crippen LogP contribution in [0.5, 0.6) is 0 Å². The van der Waals surface area contributed by atoms with Gasteiger partial charge in [-0.25, -0.2) is 0 Å². The van der Waals surface area contributed by atoms with E-state index in [0.717, 1.165) is 28.1 Å². The number of hydrogen-bond acceptors (Lipinski definition) is 2. The summed E-state index contributed by atoms with van der Waals surface area (Å²) in [4.78, 5) is 4.98. The van der Waals surface area contributed by atoms with Crippen molar-refractivity contribution in [2.45, 2.75) is 13.0 Å². The van der Waals surface area contributed by atoms with E-state index in [2.05, 4.69) is 31.2 Å². The van der Waals surface area contributed by atoms with Crippen LogP contribution >= 0.6 is 0 Å². The summed E-state index contributed by atoms with van der Waals surface area (Å²) in [7, 11) is 0. The highest BCUT2D eigenvalue weighted by molar-refractivity contribution is 6.13. The molecule has 1 unspecified atom stereocenters. The lowest BCUT2D eigenvalue weighted by Crippen LogP contribution is -2.06. The van der Waals surface area contributed by atoms with Crippen molar-refractivity contribution in [3.63, 3.8) is 0 Å². The van der Waals surface area contributed by atoms with E-state index in [-0.39, 0.29) is 6.04 Å². The summed E-state index contributed by atoms with van der Waals surface area (Å²) in [6.07, 6.45) is 0. The van der Waals surface area contributed by atoms with E-state index in [1.165, 1.54) is 0 Å². The third kappa shape index (κ3) is 3.49. The number of rotatable bonds is 4. The standard InChI is InChI=1S/C21H20N2/c1-16(19-14-8-9-15-20(19)22)23-21(17-10-4-2-5-11-17)18-12-6-3-7-13-18/h2-16H,22H2,1H3. The van der Waals surface area contributed by atoms with Gasteiger partial charge in [0, 0.05) is 16.8 Å². The molecule has 0 amide bonds. The zero-order valence-corrected chi connectivity index (χ0v) is 13.2. The molecule has 0 aliphatic heterocycles. The highest BCUT2D eigenvalue weighted by Gasteiger charge is 2.11. The van der Waals surface area contributed by atoms with Crippen LogP contribution in [0.2, 0.25) is 0 Å². The summed E-state index contributed by atoms with van der Waals surface area (Å²) < 4.78 is 0. The molecular weight excluding hydrogens is 280 g/mol. The lowest BCUT2D eigenvalue weighted by Gasteiger charge is -2.14. The fourth-order valence-electron chi connectivity index (χ4n) is 2.66. The second-order valence-electron chi connectivity index (χ2n) is 5.51. The van der Waals surface area contributed by atoms with E-state index in [1.54, 1.807) is 0 Å². The van der Waals surface area contributed by atoms with Gasteiger partial charge in [-0.15, -0.1) is 0 Å². The smallest absolute Gasteiger partial charge is 0.0748 e. The second-order valence-corrected chi connectivity index (χ2v) is 5.51. The molecule has 1 atom stereocenters. The van der Waals surface area contributed by atoms with E-state index >= 15 is 0 Å². The van der Waals surface area contributed by atoms with Crippen LogP contribution in [0, 0.1) is 0 Å². The molecule has 0 aliphatic carbocycles. The number of nitrogens with zero attached hydrogens (tertiary/aromatic N) is 1. The van der Waals surface area contributed by atoms with E-state index in [9.17, 15) is 0 Å². The topological polar surface area (TPSA) is 38.4 Å². The molecule has 3 aromatic rings. The van der Waals surface area contributed by atoms with Gasteiger partial charge in [-0.3, -0.25) is 4.99 Å². The van der Waals surface area contributed by atoms with Crippen molar-refractivity contribution in [2.24, 2.45) is 4.99 Å². The van der Waals surface area contributed by atoms with Gasteiger partial charge >= 0.3 is 0 Å². The third-order valence-electron chi connectivity index (χ3n) is 3.86. The van der Waals surface area contributed by atoms with E-state index < -0.39 is 0 Å². The molecule has 3 rings (SSSR count). The Morgan fingerprint density at radius 2 is 1.22 bits per heavy atom. The monoisotopic (exact) mass is 300 g/mol. The molecule has 0 saturated carbocycles. The molecule has 2 nitrogen and oxygen atoms in total. The van der Waals surface area contributed by atoms with E-state index in [1.807, 2.05) is 60.7 Å². The Labute approximate surface area is 137 Å². The highest BCUT2D eigenvalue weighted by Crippen LogP contribution is 2.25. The molecule has 0 radical (unpaired) electrons. The van der Waals surface area contributed by atoms with Crippen molar-refractivity contribution in [1.82, 2.24) is 0 Å². The third-order valence-corrected chi connectivity index (χ3v) is 3.86. The molecule has 0 aromatic heterocycles. The maximum atomic E-state index is 6.11. The summed E-state index contributed by atoms with van der Waals surface area (Å²) in [5.74, 6) is 0. The van der Waals surface area contributed by atoms with Gasteiger partial charge in [0.15, 0.2) is 0 Å². The Bertz CT molecular complexity index is 751. The van der Waals surface area contributed by atoms with Crippen LogP contribution in [0.25, 0.3) is 0 Å². The Balaban J connectivity index is 2.07. The molecule has 0 bridgehead atoms. The normalized spacial score (nSPS) is 11.7. The van der Waals surface area contributed by atoms with Crippen molar-refractivity contribution in [3.8, 4) is 0 Å². The second kappa shape index (κ2) is 6.93. The minimum atomic E-state index is -0.00777. The van der Waals surface area contributed by atoms with Crippen LogP contribution in [0.15, 0.2) is 89.9 Å².